The van der Waals surface area contributed by atoms with E-state index in [4.69, 9.17) is 16.2 Å². The number of hydrogen-bond acceptors (Lipinski definition) is 5. The average molecular weight is 459 g/mol. The zero-order valence-corrected chi connectivity index (χ0v) is 19.4. The van der Waals surface area contributed by atoms with Crippen molar-refractivity contribution in [3.8, 4) is 0 Å². The summed E-state index contributed by atoms with van der Waals surface area (Å²) < 4.78 is 5.41. The van der Waals surface area contributed by atoms with Crippen LogP contribution in [0.1, 0.15) is 53.2 Å². The van der Waals surface area contributed by atoms with Crippen LogP contribution in [-0.4, -0.2) is 18.0 Å². The largest absolute Gasteiger partial charge is 0.445 e. The third kappa shape index (κ3) is 5.55. The zero-order chi connectivity index (χ0) is 24.3. The summed E-state index contributed by atoms with van der Waals surface area (Å²) in [6.45, 7) is 3.93. The minimum absolute atomic E-state index is 0.181. The molecule has 4 rings (SSSR count). The van der Waals surface area contributed by atoms with E-state index in [2.05, 4.69) is 10.6 Å². The Morgan fingerprint density at radius 1 is 1.00 bits per heavy atom. The first-order valence-electron chi connectivity index (χ1n) is 11.3. The van der Waals surface area contributed by atoms with Gasteiger partial charge in [0.15, 0.2) is 0 Å². The number of carbonyl (C=O) groups excluding carboxylic acids is 2. The minimum atomic E-state index is -0.693. The SMILES string of the molecule is CC(C)(NC(=O)OCc1ccc([C@H]2C[C@@H]2N)cc1)c1ccc(C(=O)Nc2ccccc2N)cc1. The Labute approximate surface area is 199 Å². The molecule has 1 fully saturated rings. The molecule has 0 heterocycles. The average Bonchev–Trinajstić information content (AvgIpc) is 3.56. The summed E-state index contributed by atoms with van der Waals surface area (Å²) in [5.74, 6) is 0.192. The van der Waals surface area contributed by atoms with Crippen LogP contribution >= 0.6 is 0 Å². The van der Waals surface area contributed by atoms with Crippen molar-refractivity contribution in [2.45, 2.75) is 44.4 Å². The van der Waals surface area contributed by atoms with Crippen LogP contribution in [0.5, 0.6) is 0 Å². The van der Waals surface area contributed by atoms with Crippen LogP contribution in [-0.2, 0) is 16.9 Å². The molecule has 3 aromatic rings. The Balaban J connectivity index is 1.31. The second-order valence-electron chi connectivity index (χ2n) is 9.19. The molecule has 2 amide bonds. The molecule has 0 aliphatic heterocycles. The number of nitrogens with one attached hydrogen (secondary N) is 2. The maximum Gasteiger partial charge on any atom is 0.408 e. The van der Waals surface area contributed by atoms with Gasteiger partial charge in [0.25, 0.3) is 5.91 Å². The van der Waals surface area contributed by atoms with Gasteiger partial charge in [-0.3, -0.25) is 4.79 Å². The van der Waals surface area contributed by atoms with E-state index in [0.717, 1.165) is 17.5 Å². The first-order chi connectivity index (χ1) is 16.2. The van der Waals surface area contributed by atoms with Gasteiger partial charge in [0.1, 0.15) is 6.61 Å². The Bertz CT molecular complexity index is 1170. The van der Waals surface area contributed by atoms with Crippen LogP contribution in [0.3, 0.4) is 0 Å². The van der Waals surface area contributed by atoms with Gasteiger partial charge in [-0.25, -0.2) is 4.79 Å². The number of hydrogen-bond donors (Lipinski definition) is 4. The third-order valence-electron chi connectivity index (χ3n) is 6.11. The topological polar surface area (TPSA) is 119 Å². The standard InChI is InChI=1S/C27H30N4O3/c1-27(2,31-26(33)34-16-17-7-9-18(10-8-17)21-15-23(21)29)20-13-11-19(12-14-20)25(32)30-24-6-4-3-5-22(24)28/h3-14,21,23H,15-16,28-29H2,1-2H3,(H,30,32)(H,31,33)/t21-,23+/m1/s1. The predicted octanol–water partition coefficient (Wildman–Crippen LogP) is 4.50. The van der Waals surface area contributed by atoms with E-state index in [1.807, 2.05) is 50.2 Å². The first kappa shape index (κ1) is 23.3. The van der Waals surface area contributed by atoms with E-state index in [9.17, 15) is 9.59 Å². The molecule has 0 aromatic heterocycles. The van der Waals surface area contributed by atoms with Crippen molar-refractivity contribution in [3.63, 3.8) is 0 Å². The number of anilines is 2. The minimum Gasteiger partial charge on any atom is -0.445 e. The summed E-state index contributed by atoms with van der Waals surface area (Å²) in [4.78, 5) is 25.0. The van der Waals surface area contributed by atoms with Gasteiger partial charge < -0.3 is 26.8 Å². The van der Waals surface area contributed by atoms with E-state index in [1.165, 1.54) is 5.56 Å². The fourth-order valence-electron chi connectivity index (χ4n) is 3.81. The molecular weight excluding hydrogens is 428 g/mol. The summed E-state index contributed by atoms with van der Waals surface area (Å²) in [5.41, 5.74) is 15.6. The molecule has 7 nitrogen and oxygen atoms in total. The van der Waals surface area contributed by atoms with Gasteiger partial charge in [0, 0.05) is 17.5 Å². The number of ether oxygens (including phenoxy) is 1. The van der Waals surface area contributed by atoms with Crippen molar-refractivity contribution >= 4 is 23.4 Å². The maximum absolute atomic E-state index is 12.5. The van der Waals surface area contributed by atoms with Gasteiger partial charge in [-0.2, -0.15) is 0 Å². The lowest BCUT2D eigenvalue weighted by Crippen LogP contribution is -2.41. The molecule has 1 aliphatic rings. The van der Waals surface area contributed by atoms with Gasteiger partial charge in [0.2, 0.25) is 0 Å². The molecule has 1 saturated carbocycles. The van der Waals surface area contributed by atoms with Gasteiger partial charge in [0.05, 0.1) is 16.9 Å². The highest BCUT2D eigenvalue weighted by atomic mass is 16.5. The lowest BCUT2D eigenvalue weighted by molar-refractivity contribution is 0.102. The highest BCUT2D eigenvalue weighted by Crippen LogP contribution is 2.38. The number of benzene rings is 3. The Morgan fingerprint density at radius 2 is 1.65 bits per heavy atom. The summed E-state index contributed by atoms with van der Waals surface area (Å²) in [6.07, 6.45) is 0.514. The number of amides is 2. The molecule has 0 spiro atoms. The van der Waals surface area contributed by atoms with Crippen molar-refractivity contribution in [2.75, 3.05) is 11.1 Å². The number of nitrogen functional groups attached to an aromatic ring is 1. The molecule has 2 atom stereocenters. The molecule has 0 bridgehead atoms. The molecule has 1 aliphatic carbocycles. The molecule has 0 saturated heterocycles. The van der Waals surface area contributed by atoms with Crippen molar-refractivity contribution in [3.05, 3.63) is 95.1 Å². The molecule has 6 N–H and O–H groups in total. The predicted molar refractivity (Wildman–Crippen MR) is 133 cm³/mol. The van der Waals surface area contributed by atoms with Crippen LogP contribution in [0.25, 0.3) is 0 Å². The monoisotopic (exact) mass is 458 g/mol. The fourth-order valence-corrected chi connectivity index (χ4v) is 3.81. The normalized spacial score (nSPS) is 17.0. The van der Waals surface area contributed by atoms with E-state index < -0.39 is 11.6 Å². The molecule has 34 heavy (non-hydrogen) atoms. The summed E-state index contributed by atoms with van der Waals surface area (Å²) in [5, 5.41) is 5.69. The number of carbonyl (C=O) groups is 2. The van der Waals surface area contributed by atoms with Crippen molar-refractivity contribution in [2.24, 2.45) is 5.73 Å². The highest BCUT2D eigenvalue weighted by Gasteiger charge is 2.34. The molecule has 0 radical (unpaired) electrons. The maximum atomic E-state index is 12.5. The third-order valence-corrected chi connectivity index (χ3v) is 6.11. The Kier molecular flexibility index (Phi) is 6.56. The molecular formula is C27H30N4O3. The molecule has 0 unspecified atom stereocenters. The van der Waals surface area contributed by atoms with E-state index in [-0.39, 0.29) is 18.6 Å². The van der Waals surface area contributed by atoms with Crippen molar-refractivity contribution < 1.29 is 14.3 Å². The first-order valence-corrected chi connectivity index (χ1v) is 11.3. The van der Waals surface area contributed by atoms with E-state index >= 15 is 0 Å². The van der Waals surface area contributed by atoms with Crippen LogP contribution in [0.4, 0.5) is 16.2 Å². The fraction of sp³-hybridized carbons (Fsp3) is 0.259. The smallest absolute Gasteiger partial charge is 0.408 e. The number of para-hydroxylation sites is 2. The van der Waals surface area contributed by atoms with Crippen LogP contribution in [0, 0.1) is 0 Å². The Hall–Kier alpha value is -3.84. The number of nitrogens with two attached hydrogens (primary N) is 2. The Morgan fingerprint density at radius 3 is 2.26 bits per heavy atom. The lowest BCUT2D eigenvalue weighted by atomic mass is 9.93. The van der Waals surface area contributed by atoms with Gasteiger partial charge >= 0.3 is 6.09 Å². The molecule has 7 heteroatoms. The lowest BCUT2D eigenvalue weighted by Gasteiger charge is -2.26. The van der Waals surface area contributed by atoms with Crippen LogP contribution in [0.15, 0.2) is 72.8 Å². The van der Waals surface area contributed by atoms with Crippen LogP contribution in [0.2, 0.25) is 0 Å². The highest BCUT2D eigenvalue weighted by molar-refractivity contribution is 6.05. The zero-order valence-electron chi connectivity index (χ0n) is 19.4. The summed E-state index contributed by atoms with van der Waals surface area (Å²) in [7, 11) is 0. The summed E-state index contributed by atoms with van der Waals surface area (Å²) in [6, 6.07) is 22.4. The van der Waals surface area contributed by atoms with Gasteiger partial charge in [-0.1, -0.05) is 48.5 Å². The second-order valence-corrected chi connectivity index (χ2v) is 9.19. The number of alkyl carbamates (subject to hydrolysis) is 1. The summed E-state index contributed by atoms with van der Waals surface area (Å²) >= 11 is 0. The quantitative estimate of drug-likeness (QED) is 0.389. The van der Waals surface area contributed by atoms with E-state index in [0.29, 0.717) is 22.9 Å². The molecule has 176 valence electrons. The van der Waals surface area contributed by atoms with Crippen LogP contribution < -0.4 is 22.1 Å². The van der Waals surface area contributed by atoms with Gasteiger partial charge in [-0.15, -0.1) is 0 Å². The van der Waals surface area contributed by atoms with Crippen molar-refractivity contribution in [1.82, 2.24) is 5.32 Å². The number of rotatable bonds is 7. The van der Waals surface area contributed by atoms with Crippen molar-refractivity contribution in [1.29, 1.82) is 0 Å². The second kappa shape index (κ2) is 9.57. The molecule has 3 aromatic carbocycles. The van der Waals surface area contributed by atoms with E-state index in [1.54, 1.807) is 36.4 Å². The van der Waals surface area contributed by atoms with Gasteiger partial charge in [-0.05, 0) is 61.2 Å².